The van der Waals surface area contributed by atoms with Crippen molar-refractivity contribution in [2.45, 2.75) is 13.5 Å². The molecule has 0 amide bonds. The monoisotopic (exact) mass is 257 g/mol. The molecule has 0 saturated carbocycles. The Balaban J connectivity index is 1.57. The summed E-state index contributed by atoms with van der Waals surface area (Å²) in [5.74, 6) is 2.59. The van der Waals surface area contributed by atoms with Gasteiger partial charge in [0.05, 0.1) is 0 Å². The van der Waals surface area contributed by atoms with E-state index in [1.165, 1.54) is 36.1 Å². The number of hydrogen-bond donors (Lipinski definition) is 1. The van der Waals surface area contributed by atoms with E-state index in [1.807, 2.05) is 6.92 Å². The molecule has 1 aliphatic rings. The summed E-state index contributed by atoms with van der Waals surface area (Å²) in [5.41, 5.74) is 1.13. The number of aryl methyl sites for hydroxylation is 1. The molecule has 0 unspecified atom stereocenters. The van der Waals surface area contributed by atoms with Crippen molar-refractivity contribution in [1.29, 1.82) is 0 Å². The van der Waals surface area contributed by atoms with Crippen LogP contribution in [0.4, 0.5) is 0 Å². The normalized spacial score (nSPS) is 17.8. The molecular formula is C11H19N3S2. The van der Waals surface area contributed by atoms with Crippen LogP contribution in [0.1, 0.15) is 10.7 Å². The number of nitrogens with zero attached hydrogens (tertiary/aromatic N) is 2. The fourth-order valence-electron chi connectivity index (χ4n) is 1.74. The largest absolute Gasteiger partial charge is 0.309 e. The molecule has 90 valence electrons. The highest BCUT2D eigenvalue weighted by molar-refractivity contribution is 7.99. The Labute approximate surface area is 106 Å². The van der Waals surface area contributed by atoms with E-state index in [0.29, 0.717) is 0 Å². The van der Waals surface area contributed by atoms with E-state index in [0.717, 1.165) is 18.8 Å². The van der Waals surface area contributed by atoms with Crippen LogP contribution in [0.5, 0.6) is 0 Å². The number of hydrogen-bond acceptors (Lipinski definition) is 5. The predicted molar refractivity (Wildman–Crippen MR) is 72.3 cm³/mol. The zero-order valence-corrected chi connectivity index (χ0v) is 11.4. The SMILES string of the molecule is Cc1csc(CNCCN2CCSCC2)n1. The molecule has 3 nitrogen and oxygen atoms in total. The topological polar surface area (TPSA) is 28.2 Å². The van der Waals surface area contributed by atoms with E-state index in [1.54, 1.807) is 11.3 Å². The smallest absolute Gasteiger partial charge is 0.107 e. The molecular weight excluding hydrogens is 238 g/mol. The van der Waals surface area contributed by atoms with Crippen molar-refractivity contribution in [3.05, 3.63) is 16.1 Å². The Kier molecular flexibility index (Phi) is 5.09. The van der Waals surface area contributed by atoms with Crippen molar-refractivity contribution in [2.75, 3.05) is 37.7 Å². The Morgan fingerprint density at radius 1 is 1.44 bits per heavy atom. The predicted octanol–water partition coefficient (Wildman–Crippen LogP) is 1.59. The summed E-state index contributed by atoms with van der Waals surface area (Å²) >= 11 is 3.81. The number of thioether (sulfide) groups is 1. The van der Waals surface area contributed by atoms with Gasteiger partial charge in [0.1, 0.15) is 5.01 Å². The maximum absolute atomic E-state index is 4.43. The van der Waals surface area contributed by atoms with Crippen LogP contribution < -0.4 is 5.32 Å². The second-order valence-corrected chi connectivity index (χ2v) is 6.18. The van der Waals surface area contributed by atoms with Gasteiger partial charge in [-0.25, -0.2) is 4.98 Å². The molecule has 5 heteroatoms. The highest BCUT2D eigenvalue weighted by Gasteiger charge is 2.09. The van der Waals surface area contributed by atoms with Crippen molar-refractivity contribution in [3.63, 3.8) is 0 Å². The molecule has 1 aromatic rings. The average molecular weight is 257 g/mol. The van der Waals surface area contributed by atoms with Crippen LogP contribution in [-0.2, 0) is 6.54 Å². The molecule has 0 bridgehead atoms. The van der Waals surface area contributed by atoms with Crippen molar-refractivity contribution in [1.82, 2.24) is 15.2 Å². The first-order chi connectivity index (χ1) is 7.84. The van der Waals surface area contributed by atoms with Gasteiger partial charge in [0.25, 0.3) is 0 Å². The van der Waals surface area contributed by atoms with Gasteiger partial charge in [0.2, 0.25) is 0 Å². The summed E-state index contributed by atoms with van der Waals surface area (Å²) in [6.45, 7) is 7.71. The lowest BCUT2D eigenvalue weighted by Crippen LogP contribution is -2.37. The first kappa shape index (κ1) is 12.4. The van der Waals surface area contributed by atoms with E-state index in [-0.39, 0.29) is 0 Å². The standard InChI is InChI=1S/C11H19N3S2/c1-10-9-16-11(13-10)8-12-2-3-14-4-6-15-7-5-14/h9,12H,2-8H2,1H3. The highest BCUT2D eigenvalue weighted by Crippen LogP contribution is 2.09. The second-order valence-electron chi connectivity index (χ2n) is 4.01. The Bertz CT molecular complexity index is 308. The molecule has 0 radical (unpaired) electrons. The van der Waals surface area contributed by atoms with Gasteiger partial charge in [0, 0.05) is 55.3 Å². The molecule has 0 aromatic carbocycles. The molecule has 2 rings (SSSR count). The third kappa shape index (κ3) is 4.05. The van der Waals surface area contributed by atoms with Crippen molar-refractivity contribution >= 4 is 23.1 Å². The third-order valence-corrected chi connectivity index (χ3v) is 4.56. The van der Waals surface area contributed by atoms with Crippen LogP contribution in [0.3, 0.4) is 0 Å². The zero-order chi connectivity index (χ0) is 11.2. The minimum absolute atomic E-state index is 0.918. The lowest BCUT2D eigenvalue weighted by Gasteiger charge is -2.25. The van der Waals surface area contributed by atoms with Gasteiger partial charge in [-0.1, -0.05) is 0 Å². The Hall–Kier alpha value is -0.100. The summed E-state index contributed by atoms with van der Waals surface area (Å²) in [4.78, 5) is 6.97. The van der Waals surface area contributed by atoms with E-state index < -0.39 is 0 Å². The number of aromatic nitrogens is 1. The molecule has 16 heavy (non-hydrogen) atoms. The van der Waals surface area contributed by atoms with E-state index in [9.17, 15) is 0 Å². The quantitative estimate of drug-likeness (QED) is 0.811. The number of nitrogens with one attached hydrogen (secondary N) is 1. The second kappa shape index (κ2) is 6.59. The molecule has 1 fully saturated rings. The van der Waals surface area contributed by atoms with Crippen LogP contribution in [0.2, 0.25) is 0 Å². The molecule has 0 atom stereocenters. The molecule has 0 aliphatic carbocycles. The van der Waals surface area contributed by atoms with Crippen LogP contribution >= 0.6 is 23.1 Å². The maximum Gasteiger partial charge on any atom is 0.107 e. The van der Waals surface area contributed by atoms with Crippen molar-refractivity contribution in [2.24, 2.45) is 0 Å². The molecule has 2 heterocycles. The summed E-state index contributed by atoms with van der Waals surface area (Å²) in [5, 5.41) is 6.77. The van der Waals surface area contributed by atoms with Crippen LogP contribution in [0, 0.1) is 6.92 Å². The van der Waals surface area contributed by atoms with E-state index in [2.05, 4.69) is 32.3 Å². The average Bonchev–Trinajstić information content (AvgIpc) is 2.72. The van der Waals surface area contributed by atoms with Gasteiger partial charge in [-0.3, -0.25) is 0 Å². The van der Waals surface area contributed by atoms with Gasteiger partial charge in [-0.2, -0.15) is 11.8 Å². The van der Waals surface area contributed by atoms with Crippen LogP contribution in [0.25, 0.3) is 0 Å². The van der Waals surface area contributed by atoms with Gasteiger partial charge in [-0.05, 0) is 6.92 Å². The Morgan fingerprint density at radius 3 is 2.94 bits per heavy atom. The minimum Gasteiger partial charge on any atom is -0.309 e. The van der Waals surface area contributed by atoms with Crippen molar-refractivity contribution < 1.29 is 0 Å². The zero-order valence-electron chi connectivity index (χ0n) is 9.74. The fourth-order valence-corrected chi connectivity index (χ4v) is 3.46. The number of rotatable bonds is 5. The molecule has 1 aliphatic heterocycles. The molecule has 1 aromatic heterocycles. The maximum atomic E-state index is 4.43. The van der Waals surface area contributed by atoms with Gasteiger partial charge in [0.15, 0.2) is 0 Å². The first-order valence-corrected chi connectivity index (χ1v) is 7.80. The van der Waals surface area contributed by atoms with Crippen molar-refractivity contribution in [3.8, 4) is 0 Å². The van der Waals surface area contributed by atoms with E-state index in [4.69, 9.17) is 0 Å². The van der Waals surface area contributed by atoms with Gasteiger partial charge in [-0.15, -0.1) is 11.3 Å². The lowest BCUT2D eigenvalue weighted by molar-refractivity contribution is 0.301. The van der Waals surface area contributed by atoms with Gasteiger partial charge < -0.3 is 10.2 Å². The first-order valence-electron chi connectivity index (χ1n) is 5.76. The summed E-state index contributed by atoms with van der Waals surface area (Å²) < 4.78 is 0. The van der Waals surface area contributed by atoms with Gasteiger partial charge >= 0.3 is 0 Å². The van der Waals surface area contributed by atoms with Crippen LogP contribution in [0.15, 0.2) is 5.38 Å². The third-order valence-electron chi connectivity index (χ3n) is 2.65. The number of thiazole rings is 1. The fraction of sp³-hybridized carbons (Fsp3) is 0.727. The summed E-state index contributed by atoms with van der Waals surface area (Å²) in [6.07, 6.45) is 0. The lowest BCUT2D eigenvalue weighted by atomic mass is 10.4. The summed E-state index contributed by atoms with van der Waals surface area (Å²) in [6, 6.07) is 0. The van der Waals surface area contributed by atoms with E-state index >= 15 is 0 Å². The highest BCUT2D eigenvalue weighted by atomic mass is 32.2. The Morgan fingerprint density at radius 2 is 2.25 bits per heavy atom. The minimum atomic E-state index is 0.918. The molecule has 1 saturated heterocycles. The van der Waals surface area contributed by atoms with Crippen LogP contribution in [-0.4, -0.2) is 47.6 Å². The molecule has 1 N–H and O–H groups in total. The molecule has 0 spiro atoms. The summed E-state index contributed by atoms with van der Waals surface area (Å²) in [7, 11) is 0.